The Morgan fingerprint density at radius 3 is 2.53 bits per heavy atom. The van der Waals surface area contributed by atoms with Gasteiger partial charge in [0.1, 0.15) is 17.2 Å². The van der Waals surface area contributed by atoms with Crippen LogP contribution in [0.3, 0.4) is 0 Å². The Labute approximate surface area is 105 Å². The molecule has 0 bridgehead atoms. The van der Waals surface area contributed by atoms with E-state index in [2.05, 4.69) is 26.1 Å². The Balaban J connectivity index is 2.44. The second-order valence-corrected chi connectivity index (χ2v) is 4.52. The van der Waals surface area contributed by atoms with E-state index in [1.54, 1.807) is 0 Å². The lowest BCUT2D eigenvalue weighted by Gasteiger charge is -2.00. The first-order valence-electron chi connectivity index (χ1n) is 5.05. The lowest BCUT2D eigenvalue weighted by Crippen LogP contribution is -1.89. The van der Waals surface area contributed by atoms with Crippen molar-refractivity contribution < 1.29 is 13.2 Å². The van der Waals surface area contributed by atoms with E-state index in [9.17, 15) is 8.78 Å². The van der Waals surface area contributed by atoms with E-state index in [4.69, 9.17) is 4.42 Å². The molecule has 6 heteroatoms. The zero-order chi connectivity index (χ0) is 12.4. The highest BCUT2D eigenvalue weighted by Gasteiger charge is 2.19. The molecule has 0 saturated carbocycles. The summed E-state index contributed by atoms with van der Waals surface area (Å²) in [5.74, 6) is -1.27. The monoisotopic (exact) mass is 302 g/mol. The van der Waals surface area contributed by atoms with Crippen LogP contribution < -0.4 is 0 Å². The Morgan fingerprint density at radius 1 is 1.29 bits per heavy atom. The number of rotatable bonds is 3. The van der Waals surface area contributed by atoms with Gasteiger partial charge in [0.05, 0.1) is 4.83 Å². The quantitative estimate of drug-likeness (QED) is 0.808. The molecule has 90 valence electrons. The van der Waals surface area contributed by atoms with Gasteiger partial charge in [-0.05, 0) is 18.6 Å². The van der Waals surface area contributed by atoms with E-state index in [0.29, 0.717) is 5.89 Å². The normalized spacial score (nSPS) is 12.7. The van der Waals surface area contributed by atoms with Crippen molar-refractivity contribution in [2.24, 2.45) is 0 Å². The number of aromatic nitrogens is 2. The van der Waals surface area contributed by atoms with E-state index >= 15 is 0 Å². The Morgan fingerprint density at radius 2 is 1.94 bits per heavy atom. The van der Waals surface area contributed by atoms with E-state index in [1.165, 1.54) is 6.07 Å². The standard InChI is InChI=1S/C11H9BrF2N2O/c1-2-6(12)10-15-16-11(17-10)9-7(13)4-3-5-8(9)14/h3-6H,2H2,1H3. The first-order chi connectivity index (χ1) is 8.13. The maximum absolute atomic E-state index is 13.4. The second kappa shape index (κ2) is 4.91. The van der Waals surface area contributed by atoms with Crippen LogP contribution in [0.1, 0.15) is 24.1 Å². The lowest BCUT2D eigenvalue weighted by atomic mass is 10.2. The molecule has 0 radical (unpaired) electrons. The van der Waals surface area contributed by atoms with Gasteiger partial charge in [0.2, 0.25) is 5.89 Å². The number of halogens is 3. The highest BCUT2D eigenvalue weighted by molar-refractivity contribution is 9.09. The molecule has 1 heterocycles. The highest BCUT2D eigenvalue weighted by Crippen LogP contribution is 2.29. The molecular formula is C11H9BrF2N2O. The number of hydrogen-bond donors (Lipinski definition) is 0. The minimum atomic E-state index is -0.720. The molecule has 1 unspecified atom stereocenters. The van der Waals surface area contributed by atoms with E-state index in [1.807, 2.05) is 6.92 Å². The summed E-state index contributed by atoms with van der Waals surface area (Å²) in [6.45, 7) is 1.92. The molecule has 17 heavy (non-hydrogen) atoms. The van der Waals surface area contributed by atoms with Crippen LogP contribution in [-0.4, -0.2) is 10.2 Å². The topological polar surface area (TPSA) is 38.9 Å². The first-order valence-corrected chi connectivity index (χ1v) is 5.97. The van der Waals surface area contributed by atoms with Crippen molar-refractivity contribution >= 4 is 15.9 Å². The van der Waals surface area contributed by atoms with E-state index in [0.717, 1.165) is 18.6 Å². The lowest BCUT2D eigenvalue weighted by molar-refractivity contribution is 0.490. The molecule has 0 aliphatic heterocycles. The van der Waals surface area contributed by atoms with Crippen LogP contribution in [0.5, 0.6) is 0 Å². The van der Waals surface area contributed by atoms with Gasteiger partial charge in [0, 0.05) is 0 Å². The van der Waals surface area contributed by atoms with E-state index < -0.39 is 11.6 Å². The summed E-state index contributed by atoms with van der Waals surface area (Å²) >= 11 is 3.32. The van der Waals surface area contributed by atoms with Crippen molar-refractivity contribution in [2.45, 2.75) is 18.2 Å². The van der Waals surface area contributed by atoms with Crippen molar-refractivity contribution in [3.63, 3.8) is 0 Å². The zero-order valence-corrected chi connectivity index (χ0v) is 10.5. The van der Waals surface area contributed by atoms with Crippen LogP contribution in [0, 0.1) is 11.6 Å². The van der Waals surface area contributed by atoms with Crippen LogP contribution in [-0.2, 0) is 0 Å². The summed E-state index contributed by atoms with van der Waals surface area (Å²) in [4.78, 5) is -0.112. The average molecular weight is 303 g/mol. The van der Waals surface area contributed by atoms with Gasteiger partial charge in [-0.3, -0.25) is 0 Å². The zero-order valence-electron chi connectivity index (χ0n) is 8.95. The van der Waals surface area contributed by atoms with Gasteiger partial charge < -0.3 is 4.42 Å². The minimum Gasteiger partial charge on any atom is -0.419 e. The molecule has 0 fully saturated rings. The molecule has 1 atom stereocenters. The third-order valence-corrected chi connectivity index (χ3v) is 3.28. The van der Waals surface area contributed by atoms with Crippen molar-refractivity contribution in [3.05, 3.63) is 35.7 Å². The van der Waals surface area contributed by atoms with Gasteiger partial charge in [0.15, 0.2) is 0 Å². The van der Waals surface area contributed by atoms with Gasteiger partial charge >= 0.3 is 0 Å². The van der Waals surface area contributed by atoms with Crippen molar-refractivity contribution in [3.8, 4) is 11.5 Å². The molecule has 1 aromatic heterocycles. The molecule has 0 amide bonds. The minimum absolute atomic E-state index is 0.112. The molecular weight excluding hydrogens is 294 g/mol. The fourth-order valence-corrected chi connectivity index (χ4v) is 1.52. The molecule has 0 spiro atoms. The van der Waals surface area contributed by atoms with Crippen molar-refractivity contribution in [2.75, 3.05) is 0 Å². The fraction of sp³-hybridized carbons (Fsp3) is 0.273. The predicted molar refractivity (Wildman–Crippen MR) is 61.6 cm³/mol. The molecule has 0 aliphatic rings. The van der Waals surface area contributed by atoms with Gasteiger partial charge in [-0.25, -0.2) is 8.78 Å². The van der Waals surface area contributed by atoms with Crippen LogP contribution >= 0.6 is 15.9 Å². The first kappa shape index (κ1) is 12.2. The number of benzene rings is 1. The molecule has 3 nitrogen and oxygen atoms in total. The Kier molecular flexibility index (Phi) is 3.51. The molecule has 0 saturated heterocycles. The van der Waals surface area contributed by atoms with Crippen LogP contribution in [0.15, 0.2) is 22.6 Å². The predicted octanol–water partition coefficient (Wildman–Crippen LogP) is 3.86. The Bertz CT molecular complexity index is 510. The van der Waals surface area contributed by atoms with Gasteiger partial charge in [-0.15, -0.1) is 10.2 Å². The fourth-order valence-electron chi connectivity index (χ4n) is 1.34. The molecule has 2 rings (SSSR count). The summed E-state index contributed by atoms with van der Waals surface area (Å²) in [6, 6.07) is 3.58. The van der Waals surface area contributed by atoms with Crippen molar-refractivity contribution in [1.29, 1.82) is 0 Å². The number of nitrogens with zero attached hydrogens (tertiary/aromatic N) is 2. The summed E-state index contributed by atoms with van der Waals surface area (Å²) in [5, 5.41) is 7.40. The Hall–Kier alpha value is -1.30. The molecule has 2 aromatic rings. The molecule has 1 aromatic carbocycles. The summed E-state index contributed by atoms with van der Waals surface area (Å²) in [7, 11) is 0. The van der Waals surface area contributed by atoms with Gasteiger partial charge in [0.25, 0.3) is 5.89 Å². The van der Waals surface area contributed by atoms with Gasteiger partial charge in [-0.1, -0.05) is 28.9 Å². The third kappa shape index (κ3) is 2.36. The van der Waals surface area contributed by atoms with Crippen molar-refractivity contribution in [1.82, 2.24) is 10.2 Å². The largest absolute Gasteiger partial charge is 0.419 e. The van der Waals surface area contributed by atoms with Crippen LogP contribution in [0.2, 0.25) is 0 Å². The number of alkyl halides is 1. The summed E-state index contributed by atoms with van der Waals surface area (Å²) in [6.07, 6.45) is 0.737. The van der Waals surface area contributed by atoms with E-state index in [-0.39, 0.29) is 16.3 Å². The summed E-state index contributed by atoms with van der Waals surface area (Å²) in [5.41, 5.74) is -0.290. The maximum atomic E-state index is 13.4. The number of hydrogen-bond acceptors (Lipinski definition) is 3. The third-order valence-electron chi connectivity index (χ3n) is 2.24. The maximum Gasteiger partial charge on any atom is 0.253 e. The highest BCUT2D eigenvalue weighted by atomic mass is 79.9. The average Bonchev–Trinajstić information content (AvgIpc) is 2.77. The second-order valence-electron chi connectivity index (χ2n) is 3.42. The van der Waals surface area contributed by atoms with Crippen LogP contribution in [0.25, 0.3) is 11.5 Å². The summed E-state index contributed by atoms with van der Waals surface area (Å²) < 4.78 is 32.1. The van der Waals surface area contributed by atoms with Gasteiger partial charge in [-0.2, -0.15) is 0 Å². The SMILES string of the molecule is CCC(Br)c1nnc(-c2c(F)cccc2F)o1. The molecule has 0 aliphatic carbocycles. The molecule has 0 N–H and O–H groups in total. The van der Waals surface area contributed by atoms with Crippen LogP contribution in [0.4, 0.5) is 8.78 Å². The smallest absolute Gasteiger partial charge is 0.253 e.